The molecule has 0 spiro atoms. The normalized spacial score (nSPS) is 10.9. The molecule has 0 aliphatic rings. The number of anilines is 2. The number of aromatic nitrogens is 3. The van der Waals surface area contributed by atoms with E-state index >= 15 is 0 Å². The Kier molecular flexibility index (Phi) is 3.42. The van der Waals surface area contributed by atoms with Crippen LogP contribution in [0.4, 0.5) is 15.9 Å². The molecule has 0 bridgehead atoms. The van der Waals surface area contributed by atoms with E-state index in [1.807, 2.05) is 31.2 Å². The highest BCUT2D eigenvalue weighted by Crippen LogP contribution is 2.32. The maximum absolute atomic E-state index is 13.1. The van der Waals surface area contributed by atoms with E-state index in [1.54, 1.807) is 12.1 Å². The van der Waals surface area contributed by atoms with Crippen molar-refractivity contribution < 1.29 is 8.91 Å². The average molecular weight is 320 g/mol. The number of fused-ring (bicyclic) bond motifs is 1. The summed E-state index contributed by atoms with van der Waals surface area (Å²) in [5, 5.41) is 7.98. The van der Waals surface area contributed by atoms with Gasteiger partial charge in [0.05, 0.1) is 0 Å². The monoisotopic (exact) mass is 320 g/mol. The van der Waals surface area contributed by atoms with Crippen molar-refractivity contribution in [2.45, 2.75) is 6.92 Å². The van der Waals surface area contributed by atoms with Gasteiger partial charge in [-0.05, 0) is 31.2 Å². The van der Waals surface area contributed by atoms with Crippen molar-refractivity contribution in [1.82, 2.24) is 15.1 Å². The quantitative estimate of drug-likeness (QED) is 0.603. The number of nitrogens with one attached hydrogen (secondary N) is 1. The third-order valence-corrected chi connectivity index (χ3v) is 3.70. The molecule has 24 heavy (non-hydrogen) atoms. The summed E-state index contributed by atoms with van der Waals surface area (Å²) >= 11 is 0. The molecule has 0 aliphatic carbocycles. The molecule has 118 valence electrons. The van der Waals surface area contributed by atoms with Crippen molar-refractivity contribution in [3.63, 3.8) is 0 Å². The highest BCUT2D eigenvalue weighted by Gasteiger charge is 2.16. The highest BCUT2D eigenvalue weighted by molar-refractivity contribution is 5.98. The Balaban J connectivity index is 1.82. The zero-order valence-electron chi connectivity index (χ0n) is 12.8. The molecule has 0 saturated carbocycles. The number of hydrogen-bond acceptors (Lipinski definition) is 5. The van der Waals surface area contributed by atoms with E-state index in [1.165, 1.54) is 18.5 Å². The summed E-state index contributed by atoms with van der Waals surface area (Å²) in [5.41, 5.74) is 3.84. The van der Waals surface area contributed by atoms with Crippen LogP contribution in [0.1, 0.15) is 5.56 Å². The molecule has 1 N–H and O–H groups in total. The number of nitrogens with zero attached hydrogens (tertiary/aromatic N) is 3. The summed E-state index contributed by atoms with van der Waals surface area (Å²) in [7, 11) is 0. The number of benzene rings is 2. The lowest BCUT2D eigenvalue weighted by molar-refractivity contribution is 0.451. The molecule has 2 aromatic carbocycles. The molecule has 6 heteroatoms. The Morgan fingerprint density at radius 2 is 1.71 bits per heavy atom. The van der Waals surface area contributed by atoms with Crippen LogP contribution in [-0.2, 0) is 0 Å². The minimum absolute atomic E-state index is 0.293. The van der Waals surface area contributed by atoms with Gasteiger partial charge in [0.25, 0.3) is 5.71 Å². The van der Waals surface area contributed by atoms with Gasteiger partial charge in [-0.3, -0.25) is 0 Å². The van der Waals surface area contributed by atoms with Gasteiger partial charge in [0.2, 0.25) is 0 Å². The minimum atomic E-state index is -0.293. The molecule has 0 unspecified atom stereocenters. The molecule has 0 fully saturated rings. The summed E-state index contributed by atoms with van der Waals surface area (Å²) in [4.78, 5) is 8.41. The third-order valence-electron chi connectivity index (χ3n) is 3.70. The standard InChI is InChI=1S/C18H13FN4O/c1-11-2-4-12(5-3-11)16-15-17(20-10-21-18(15)24-23-16)22-14-8-6-13(19)7-9-14/h2-10H,1H3,(H,20,21,22). The van der Waals surface area contributed by atoms with E-state index < -0.39 is 0 Å². The Bertz CT molecular complexity index is 994. The summed E-state index contributed by atoms with van der Waals surface area (Å²) in [6, 6.07) is 14.0. The van der Waals surface area contributed by atoms with Crippen molar-refractivity contribution in [3.05, 3.63) is 66.2 Å². The summed E-state index contributed by atoms with van der Waals surface area (Å²) in [6.07, 6.45) is 1.40. The maximum Gasteiger partial charge on any atom is 0.263 e. The van der Waals surface area contributed by atoms with Crippen LogP contribution < -0.4 is 5.32 Å². The number of halogens is 1. The number of rotatable bonds is 3. The smallest absolute Gasteiger partial charge is 0.263 e. The summed E-state index contributed by atoms with van der Waals surface area (Å²) in [6.45, 7) is 2.02. The van der Waals surface area contributed by atoms with Crippen LogP contribution in [0, 0.1) is 12.7 Å². The van der Waals surface area contributed by atoms with Crippen molar-refractivity contribution in [3.8, 4) is 11.3 Å². The maximum atomic E-state index is 13.1. The first-order valence-corrected chi connectivity index (χ1v) is 7.41. The van der Waals surface area contributed by atoms with E-state index in [2.05, 4.69) is 20.4 Å². The van der Waals surface area contributed by atoms with Gasteiger partial charge in [0, 0.05) is 11.3 Å². The van der Waals surface area contributed by atoms with Crippen LogP contribution in [0.15, 0.2) is 59.4 Å². The highest BCUT2D eigenvalue weighted by atomic mass is 19.1. The fourth-order valence-corrected chi connectivity index (χ4v) is 2.46. The second-order valence-electron chi connectivity index (χ2n) is 5.43. The summed E-state index contributed by atoms with van der Waals surface area (Å²) < 4.78 is 18.4. The molecular formula is C18H13FN4O. The molecule has 2 aromatic heterocycles. The van der Waals surface area contributed by atoms with Crippen LogP contribution in [0.5, 0.6) is 0 Å². The molecule has 4 rings (SSSR count). The minimum Gasteiger partial charge on any atom is -0.339 e. The molecule has 0 saturated heterocycles. The zero-order valence-corrected chi connectivity index (χ0v) is 12.8. The van der Waals surface area contributed by atoms with Crippen molar-refractivity contribution >= 4 is 22.6 Å². The first-order valence-electron chi connectivity index (χ1n) is 7.41. The van der Waals surface area contributed by atoms with Crippen molar-refractivity contribution in [1.29, 1.82) is 0 Å². The first kappa shape index (κ1) is 14.3. The molecule has 0 aliphatic heterocycles. The zero-order chi connectivity index (χ0) is 16.5. The second kappa shape index (κ2) is 5.73. The van der Waals surface area contributed by atoms with Gasteiger partial charge >= 0.3 is 0 Å². The van der Waals surface area contributed by atoms with Gasteiger partial charge in [-0.15, -0.1) is 0 Å². The fourth-order valence-electron chi connectivity index (χ4n) is 2.46. The Morgan fingerprint density at radius 1 is 0.958 bits per heavy atom. The van der Waals surface area contributed by atoms with Gasteiger partial charge < -0.3 is 9.84 Å². The predicted molar refractivity (Wildman–Crippen MR) is 89.5 cm³/mol. The van der Waals surface area contributed by atoms with E-state index in [0.717, 1.165) is 11.1 Å². The SMILES string of the molecule is Cc1ccc(-c2noc3ncnc(Nc4ccc(F)cc4)c23)cc1. The molecular weight excluding hydrogens is 307 g/mol. The Labute approximate surface area is 137 Å². The summed E-state index contributed by atoms with van der Waals surface area (Å²) in [5.74, 6) is 0.266. The van der Waals surface area contributed by atoms with Gasteiger partial charge in [-0.1, -0.05) is 35.0 Å². The number of aryl methyl sites for hydroxylation is 1. The first-order chi connectivity index (χ1) is 11.7. The third kappa shape index (κ3) is 2.58. The largest absolute Gasteiger partial charge is 0.339 e. The van der Waals surface area contributed by atoms with Crippen LogP contribution in [-0.4, -0.2) is 15.1 Å². The van der Waals surface area contributed by atoms with Gasteiger partial charge in [-0.2, -0.15) is 4.98 Å². The molecule has 4 aromatic rings. The van der Waals surface area contributed by atoms with Gasteiger partial charge in [0.1, 0.15) is 29.0 Å². The predicted octanol–water partition coefficient (Wildman–Crippen LogP) is 4.48. The van der Waals surface area contributed by atoms with E-state index in [-0.39, 0.29) is 5.82 Å². The average Bonchev–Trinajstić information content (AvgIpc) is 3.03. The topological polar surface area (TPSA) is 63.8 Å². The van der Waals surface area contributed by atoms with Crippen LogP contribution in [0.2, 0.25) is 0 Å². The lowest BCUT2D eigenvalue weighted by Gasteiger charge is -2.06. The van der Waals surface area contributed by atoms with Gasteiger partial charge in [0.15, 0.2) is 0 Å². The van der Waals surface area contributed by atoms with Crippen LogP contribution in [0.25, 0.3) is 22.4 Å². The molecule has 0 atom stereocenters. The van der Waals surface area contributed by atoms with E-state index in [0.29, 0.717) is 28.3 Å². The van der Waals surface area contributed by atoms with E-state index in [4.69, 9.17) is 4.52 Å². The fraction of sp³-hybridized carbons (Fsp3) is 0.0556. The molecule has 5 nitrogen and oxygen atoms in total. The van der Waals surface area contributed by atoms with Gasteiger partial charge in [-0.25, -0.2) is 9.37 Å². The molecule has 0 radical (unpaired) electrons. The Morgan fingerprint density at radius 3 is 2.46 bits per heavy atom. The Hall–Kier alpha value is -3.28. The lowest BCUT2D eigenvalue weighted by Crippen LogP contribution is -1.96. The van der Waals surface area contributed by atoms with Crippen molar-refractivity contribution in [2.24, 2.45) is 0 Å². The van der Waals surface area contributed by atoms with Crippen molar-refractivity contribution in [2.75, 3.05) is 5.32 Å². The molecule has 2 heterocycles. The lowest BCUT2D eigenvalue weighted by atomic mass is 10.1. The van der Waals surface area contributed by atoms with E-state index in [9.17, 15) is 4.39 Å². The second-order valence-corrected chi connectivity index (χ2v) is 5.43. The molecule has 0 amide bonds. The number of hydrogen-bond donors (Lipinski definition) is 1. The van der Waals surface area contributed by atoms with Crippen LogP contribution >= 0.6 is 0 Å². The van der Waals surface area contributed by atoms with Crippen LogP contribution in [0.3, 0.4) is 0 Å².